The summed E-state index contributed by atoms with van der Waals surface area (Å²) < 4.78 is 15.1. The number of urea groups is 1. The Morgan fingerprint density at radius 2 is 2.14 bits per heavy atom. The Balaban J connectivity index is 1.50. The van der Waals surface area contributed by atoms with Crippen LogP contribution in [0.15, 0.2) is 30.5 Å². The van der Waals surface area contributed by atoms with Crippen LogP contribution in [-0.4, -0.2) is 33.6 Å². The lowest BCUT2D eigenvalue weighted by Crippen LogP contribution is -2.33. The van der Waals surface area contributed by atoms with Gasteiger partial charge in [-0.05, 0) is 37.3 Å². The number of nitriles is 1. The molecule has 148 valence electrons. The molecule has 1 aromatic carbocycles. The molecule has 3 N–H and O–H groups in total. The molecule has 2 aromatic rings. The second kappa shape index (κ2) is 9.33. The maximum Gasteiger partial charge on any atom is 0.320 e. The standard InChI is InChI=1S/C20H24FN5O2/c21-16-7-4-8-17(15(16)13-22)26-12-10-19(25-26)24-20(28)23-11-9-18(27)14-5-2-1-3-6-14/h4,7-8,10,12,14,18,27H,1-3,5-6,9,11H2,(H2,23,24,25,28). The zero-order valence-corrected chi connectivity index (χ0v) is 15.6. The predicted octanol–water partition coefficient (Wildman–Crippen LogP) is 3.34. The highest BCUT2D eigenvalue weighted by molar-refractivity contribution is 5.88. The number of carbonyl (C=O) groups is 1. The van der Waals surface area contributed by atoms with Crippen molar-refractivity contribution in [1.29, 1.82) is 5.26 Å². The van der Waals surface area contributed by atoms with E-state index in [1.807, 2.05) is 6.07 Å². The molecule has 3 rings (SSSR count). The van der Waals surface area contributed by atoms with E-state index in [0.717, 1.165) is 25.7 Å². The Morgan fingerprint density at radius 3 is 2.89 bits per heavy atom. The number of benzene rings is 1. The maximum atomic E-state index is 13.7. The van der Waals surface area contributed by atoms with Gasteiger partial charge in [0.2, 0.25) is 0 Å². The molecule has 2 amide bonds. The van der Waals surface area contributed by atoms with Crippen molar-refractivity contribution in [3.05, 3.63) is 41.8 Å². The summed E-state index contributed by atoms with van der Waals surface area (Å²) in [6.07, 6.45) is 7.33. The van der Waals surface area contributed by atoms with E-state index >= 15 is 0 Å². The molecule has 1 heterocycles. The topological polar surface area (TPSA) is 103 Å². The minimum Gasteiger partial charge on any atom is -0.393 e. The van der Waals surface area contributed by atoms with Crippen molar-refractivity contribution in [3.63, 3.8) is 0 Å². The fraction of sp³-hybridized carbons (Fsp3) is 0.450. The van der Waals surface area contributed by atoms with E-state index in [1.54, 1.807) is 12.1 Å². The van der Waals surface area contributed by atoms with Crippen LogP contribution >= 0.6 is 0 Å². The Morgan fingerprint density at radius 1 is 1.36 bits per heavy atom. The number of anilines is 1. The first-order valence-corrected chi connectivity index (χ1v) is 9.56. The van der Waals surface area contributed by atoms with Gasteiger partial charge in [-0.3, -0.25) is 5.32 Å². The van der Waals surface area contributed by atoms with Gasteiger partial charge in [0, 0.05) is 18.8 Å². The van der Waals surface area contributed by atoms with Crippen LogP contribution in [0, 0.1) is 23.1 Å². The SMILES string of the molecule is N#Cc1c(F)cccc1-n1ccc(NC(=O)NCCC(O)C2CCCCC2)n1. The normalized spacial score (nSPS) is 15.6. The van der Waals surface area contributed by atoms with Crippen LogP contribution < -0.4 is 10.6 Å². The second-order valence-corrected chi connectivity index (χ2v) is 7.03. The van der Waals surface area contributed by atoms with Gasteiger partial charge in [0.25, 0.3) is 0 Å². The van der Waals surface area contributed by atoms with Gasteiger partial charge in [0.05, 0.1) is 11.8 Å². The second-order valence-electron chi connectivity index (χ2n) is 7.03. The number of aliphatic hydroxyl groups excluding tert-OH is 1. The summed E-state index contributed by atoms with van der Waals surface area (Å²) in [7, 11) is 0. The van der Waals surface area contributed by atoms with E-state index in [0.29, 0.717) is 24.6 Å². The molecule has 28 heavy (non-hydrogen) atoms. The summed E-state index contributed by atoms with van der Waals surface area (Å²) in [6.45, 7) is 0.368. The summed E-state index contributed by atoms with van der Waals surface area (Å²) in [4.78, 5) is 12.0. The minimum atomic E-state index is -0.626. The fourth-order valence-corrected chi connectivity index (χ4v) is 3.59. The fourth-order valence-electron chi connectivity index (χ4n) is 3.59. The summed E-state index contributed by atoms with van der Waals surface area (Å²) >= 11 is 0. The summed E-state index contributed by atoms with van der Waals surface area (Å²) in [5.74, 6) is -0.0207. The van der Waals surface area contributed by atoms with E-state index in [4.69, 9.17) is 5.26 Å². The monoisotopic (exact) mass is 385 g/mol. The number of hydrogen-bond donors (Lipinski definition) is 3. The molecule has 1 fully saturated rings. The quantitative estimate of drug-likeness (QED) is 0.709. The number of nitrogens with zero attached hydrogens (tertiary/aromatic N) is 3. The number of aliphatic hydroxyl groups is 1. The molecule has 1 aliphatic rings. The van der Waals surface area contributed by atoms with Gasteiger partial charge in [-0.2, -0.15) is 5.26 Å². The summed E-state index contributed by atoms with van der Waals surface area (Å²) in [6, 6.07) is 7.22. The molecular formula is C20H24FN5O2. The molecule has 0 saturated heterocycles. The van der Waals surface area contributed by atoms with E-state index in [2.05, 4.69) is 15.7 Å². The summed E-state index contributed by atoms with van der Waals surface area (Å²) in [5.41, 5.74) is 0.185. The van der Waals surface area contributed by atoms with Crippen LogP contribution in [0.5, 0.6) is 0 Å². The third-order valence-electron chi connectivity index (χ3n) is 5.10. The van der Waals surface area contributed by atoms with Gasteiger partial charge in [-0.15, -0.1) is 5.10 Å². The number of hydrogen-bond acceptors (Lipinski definition) is 4. The van der Waals surface area contributed by atoms with Crippen molar-refractivity contribution in [2.24, 2.45) is 5.92 Å². The van der Waals surface area contributed by atoms with E-state index < -0.39 is 18.0 Å². The lowest BCUT2D eigenvalue weighted by Gasteiger charge is -2.26. The first-order valence-electron chi connectivity index (χ1n) is 9.56. The van der Waals surface area contributed by atoms with Crippen LogP contribution in [-0.2, 0) is 0 Å². The molecule has 1 aromatic heterocycles. The van der Waals surface area contributed by atoms with Crippen molar-refractivity contribution in [3.8, 4) is 11.8 Å². The molecule has 8 heteroatoms. The van der Waals surface area contributed by atoms with Crippen molar-refractivity contribution < 1.29 is 14.3 Å². The van der Waals surface area contributed by atoms with Crippen molar-refractivity contribution in [1.82, 2.24) is 15.1 Å². The molecule has 7 nitrogen and oxygen atoms in total. The number of aromatic nitrogens is 2. The first kappa shape index (κ1) is 19.8. The number of carbonyl (C=O) groups excluding carboxylic acids is 1. The zero-order valence-electron chi connectivity index (χ0n) is 15.6. The van der Waals surface area contributed by atoms with Gasteiger partial charge < -0.3 is 10.4 Å². The van der Waals surface area contributed by atoms with Crippen molar-refractivity contribution in [2.45, 2.75) is 44.6 Å². The van der Waals surface area contributed by atoms with Crippen molar-refractivity contribution in [2.75, 3.05) is 11.9 Å². The molecule has 0 bridgehead atoms. The average molecular weight is 385 g/mol. The van der Waals surface area contributed by atoms with E-state index in [1.165, 1.54) is 29.4 Å². The molecule has 0 radical (unpaired) electrons. The van der Waals surface area contributed by atoms with Gasteiger partial charge in [-0.25, -0.2) is 13.9 Å². The van der Waals surface area contributed by atoms with Gasteiger partial charge in [-0.1, -0.05) is 25.3 Å². The van der Waals surface area contributed by atoms with Crippen molar-refractivity contribution >= 4 is 11.8 Å². The smallest absolute Gasteiger partial charge is 0.320 e. The Labute approximate surface area is 163 Å². The number of halogens is 1. The largest absolute Gasteiger partial charge is 0.393 e. The molecule has 1 unspecified atom stereocenters. The Bertz CT molecular complexity index is 855. The lowest BCUT2D eigenvalue weighted by molar-refractivity contribution is 0.0780. The maximum absolute atomic E-state index is 13.7. The van der Waals surface area contributed by atoms with E-state index in [-0.39, 0.29) is 11.4 Å². The number of nitrogens with one attached hydrogen (secondary N) is 2. The third-order valence-corrected chi connectivity index (χ3v) is 5.10. The highest BCUT2D eigenvalue weighted by Gasteiger charge is 2.21. The van der Waals surface area contributed by atoms with Crippen LogP contribution in [0.3, 0.4) is 0 Å². The van der Waals surface area contributed by atoms with Crippen LogP contribution in [0.25, 0.3) is 5.69 Å². The van der Waals surface area contributed by atoms with Gasteiger partial charge in [0.15, 0.2) is 5.82 Å². The Hall–Kier alpha value is -2.92. The molecule has 1 aliphatic carbocycles. The first-order chi connectivity index (χ1) is 13.6. The molecule has 0 spiro atoms. The third kappa shape index (κ3) is 4.87. The minimum absolute atomic E-state index is 0.113. The van der Waals surface area contributed by atoms with Crippen LogP contribution in [0.4, 0.5) is 15.0 Å². The Kier molecular flexibility index (Phi) is 6.61. The van der Waals surface area contributed by atoms with Crippen LogP contribution in [0.2, 0.25) is 0 Å². The summed E-state index contributed by atoms with van der Waals surface area (Å²) in [5, 5.41) is 28.8. The lowest BCUT2D eigenvalue weighted by atomic mass is 9.84. The van der Waals surface area contributed by atoms with Gasteiger partial charge in [0.1, 0.15) is 17.4 Å². The van der Waals surface area contributed by atoms with E-state index in [9.17, 15) is 14.3 Å². The van der Waals surface area contributed by atoms with Gasteiger partial charge >= 0.3 is 6.03 Å². The van der Waals surface area contributed by atoms with Crippen LogP contribution in [0.1, 0.15) is 44.1 Å². The predicted molar refractivity (Wildman–Crippen MR) is 102 cm³/mol. The molecule has 0 aliphatic heterocycles. The number of amides is 2. The highest BCUT2D eigenvalue weighted by atomic mass is 19.1. The highest BCUT2D eigenvalue weighted by Crippen LogP contribution is 2.27. The molecule has 1 atom stereocenters. The molecular weight excluding hydrogens is 361 g/mol. The number of rotatable bonds is 6. The average Bonchev–Trinajstić information content (AvgIpc) is 3.16. The molecule has 1 saturated carbocycles. The zero-order chi connectivity index (χ0) is 19.9.